The molecule has 0 saturated heterocycles. The van der Waals surface area contributed by atoms with E-state index < -0.39 is 0 Å². The minimum atomic E-state index is 0.551. The molecule has 0 amide bonds. The summed E-state index contributed by atoms with van der Waals surface area (Å²) >= 11 is 4.04. The van der Waals surface area contributed by atoms with Crippen molar-refractivity contribution in [1.29, 1.82) is 0 Å². The van der Waals surface area contributed by atoms with Gasteiger partial charge in [0.05, 0.1) is 39.6 Å². The van der Waals surface area contributed by atoms with Gasteiger partial charge in [-0.1, -0.05) is 18.2 Å². The second kappa shape index (κ2) is 12.3. The van der Waals surface area contributed by atoms with E-state index in [0.29, 0.717) is 46.2 Å². The van der Waals surface area contributed by atoms with Gasteiger partial charge in [-0.3, -0.25) is 0 Å². The second-order valence-electron chi connectivity index (χ2n) is 3.72. The van der Waals surface area contributed by atoms with Crippen molar-refractivity contribution >= 4 is 12.6 Å². The molecule has 19 heavy (non-hydrogen) atoms. The van der Waals surface area contributed by atoms with Gasteiger partial charge in [0.2, 0.25) is 0 Å². The quantitative estimate of drug-likeness (QED) is 0.471. The molecule has 1 aromatic carbocycles. The summed E-state index contributed by atoms with van der Waals surface area (Å²) in [5, 5.41) is 0. The van der Waals surface area contributed by atoms with Crippen LogP contribution in [0.4, 0.5) is 0 Å². The SMILES string of the molecule is SCCOCCOCCOCCOc1ccccc1. The summed E-state index contributed by atoms with van der Waals surface area (Å²) in [5.74, 6) is 1.61. The van der Waals surface area contributed by atoms with Gasteiger partial charge in [-0.15, -0.1) is 0 Å². The van der Waals surface area contributed by atoms with Crippen molar-refractivity contribution in [1.82, 2.24) is 0 Å². The third-order valence-electron chi connectivity index (χ3n) is 2.22. The fourth-order valence-corrected chi connectivity index (χ4v) is 1.47. The van der Waals surface area contributed by atoms with Crippen LogP contribution in [0.5, 0.6) is 5.75 Å². The van der Waals surface area contributed by atoms with Gasteiger partial charge in [0.15, 0.2) is 0 Å². The number of para-hydroxylation sites is 1. The third-order valence-corrected chi connectivity index (χ3v) is 2.40. The van der Waals surface area contributed by atoms with Crippen LogP contribution in [-0.2, 0) is 14.2 Å². The van der Waals surface area contributed by atoms with Gasteiger partial charge in [-0.05, 0) is 12.1 Å². The van der Waals surface area contributed by atoms with Crippen LogP contribution in [0.3, 0.4) is 0 Å². The van der Waals surface area contributed by atoms with E-state index in [1.807, 2.05) is 30.3 Å². The van der Waals surface area contributed by atoms with Crippen LogP contribution in [0.25, 0.3) is 0 Å². The van der Waals surface area contributed by atoms with Gasteiger partial charge in [0, 0.05) is 5.75 Å². The van der Waals surface area contributed by atoms with Crippen molar-refractivity contribution in [2.45, 2.75) is 0 Å². The average molecular weight is 286 g/mol. The van der Waals surface area contributed by atoms with E-state index in [2.05, 4.69) is 12.6 Å². The van der Waals surface area contributed by atoms with E-state index in [4.69, 9.17) is 18.9 Å². The molecule has 1 aromatic rings. The summed E-state index contributed by atoms with van der Waals surface area (Å²) in [4.78, 5) is 0. The molecule has 0 aromatic heterocycles. The summed E-state index contributed by atoms with van der Waals surface area (Å²) in [6, 6.07) is 9.70. The standard InChI is InChI=1S/C14H22O4S/c19-13-12-17-9-8-15-6-7-16-10-11-18-14-4-2-1-3-5-14/h1-5,19H,6-13H2. The maximum atomic E-state index is 5.48. The molecule has 0 aliphatic carbocycles. The van der Waals surface area contributed by atoms with Crippen molar-refractivity contribution in [3.8, 4) is 5.75 Å². The Morgan fingerprint density at radius 2 is 1.21 bits per heavy atom. The van der Waals surface area contributed by atoms with Gasteiger partial charge in [0.25, 0.3) is 0 Å². The average Bonchev–Trinajstić information content (AvgIpc) is 2.46. The monoisotopic (exact) mass is 286 g/mol. The van der Waals surface area contributed by atoms with E-state index in [-0.39, 0.29) is 0 Å². The minimum Gasteiger partial charge on any atom is -0.491 e. The molecule has 0 radical (unpaired) electrons. The summed E-state index contributed by atoms with van der Waals surface area (Å²) in [6.07, 6.45) is 0. The highest BCUT2D eigenvalue weighted by molar-refractivity contribution is 7.80. The largest absolute Gasteiger partial charge is 0.491 e. The lowest BCUT2D eigenvalue weighted by atomic mass is 10.3. The van der Waals surface area contributed by atoms with Gasteiger partial charge in [-0.2, -0.15) is 12.6 Å². The predicted molar refractivity (Wildman–Crippen MR) is 78.2 cm³/mol. The van der Waals surface area contributed by atoms with E-state index in [1.54, 1.807) is 0 Å². The first-order valence-electron chi connectivity index (χ1n) is 6.45. The Hall–Kier alpha value is -0.750. The molecule has 0 unspecified atom stereocenters. The first kappa shape index (κ1) is 16.3. The van der Waals surface area contributed by atoms with Crippen molar-refractivity contribution < 1.29 is 18.9 Å². The minimum absolute atomic E-state index is 0.551. The zero-order valence-corrected chi connectivity index (χ0v) is 12.0. The molecule has 0 atom stereocenters. The molecule has 0 N–H and O–H groups in total. The molecule has 0 saturated carbocycles. The first-order valence-corrected chi connectivity index (χ1v) is 7.08. The molecule has 1 rings (SSSR count). The van der Waals surface area contributed by atoms with Gasteiger partial charge >= 0.3 is 0 Å². The van der Waals surface area contributed by atoms with Crippen LogP contribution in [-0.4, -0.2) is 52.0 Å². The maximum absolute atomic E-state index is 5.48. The van der Waals surface area contributed by atoms with Crippen molar-refractivity contribution in [2.75, 3.05) is 52.0 Å². The Balaban J connectivity index is 1.79. The highest BCUT2D eigenvalue weighted by atomic mass is 32.1. The fourth-order valence-electron chi connectivity index (χ4n) is 1.34. The van der Waals surface area contributed by atoms with Crippen LogP contribution < -0.4 is 4.74 Å². The Morgan fingerprint density at radius 3 is 1.79 bits per heavy atom. The normalized spacial score (nSPS) is 10.6. The lowest BCUT2D eigenvalue weighted by molar-refractivity contribution is 0.0118. The molecule has 4 nitrogen and oxygen atoms in total. The number of hydrogen-bond acceptors (Lipinski definition) is 5. The van der Waals surface area contributed by atoms with E-state index in [9.17, 15) is 0 Å². The van der Waals surface area contributed by atoms with Crippen molar-refractivity contribution in [2.24, 2.45) is 0 Å². The van der Waals surface area contributed by atoms with E-state index in [0.717, 1.165) is 11.5 Å². The Labute approximate surface area is 120 Å². The third kappa shape index (κ3) is 9.78. The predicted octanol–water partition coefficient (Wildman–Crippen LogP) is 2.04. The molecule has 0 heterocycles. The van der Waals surface area contributed by atoms with Crippen LogP contribution in [0.2, 0.25) is 0 Å². The molecule has 0 bridgehead atoms. The highest BCUT2D eigenvalue weighted by Gasteiger charge is 1.93. The van der Waals surface area contributed by atoms with Crippen LogP contribution in [0.1, 0.15) is 0 Å². The van der Waals surface area contributed by atoms with Crippen molar-refractivity contribution in [3.05, 3.63) is 30.3 Å². The highest BCUT2D eigenvalue weighted by Crippen LogP contribution is 2.07. The Kier molecular flexibility index (Phi) is 10.5. The molecule has 5 heteroatoms. The smallest absolute Gasteiger partial charge is 0.119 e. The molecule has 0 aliphatic heterocycles. The summed E-state index contributed by atoms with van der Waals surface area (Å²) in [5.41, 5.74) is 0. The maximum Gasteiger partial charge on any atom is 0.119 e. The molecule has 0 fully saturated rings. The molecular weight excluding hydrogens is 264 g/mol. The van der Waals surface area contributed by atoms with E-state index >= 15 is 0 Å². The molecule has 0 spiro atoms. The Morgan fingerprint density at radius 1 is 0.684 bits per heavy atom. The van der Waals surface area contributed by atoms with Crippen LogP contribution in [0, 0.1) is 0 Å². The summed E-state index contributed by atoms with van der Waals surface area (Å²) < 4.78 is 21.4. The first-order chi connectivity index (χ1) is 9.43. The van der Waals surface area contributed by atoms with Gasteiger partial charge in [0.1, 0.15) is 12.4 Å². The zero-order valence-electron chi connectivity index (χ0n) is 11.1. The molecule has 0 aliphatic rings. The number of rotatable bonds is 12. The van der Waals surface area contributed by atoms with Crippen LogP contribution in [0.15, 0.2) is 30.3 Å². The summed E-state index contributed by atoms with van der Waals surface area (Å²) in [7, 11) is 0. The fraction of sp³-hybridized carbons (Fsp3) is 0.571. The van der Waals surface area contributed by atoms with E-state index in [1.165, 1.54) is 0 Å². The lowest BCUT2D eigenvalue weighted by Crippen LogP contribution is -2.13. The molecule has 108 valence electrons. The van der Waals surface area contributed by atoms with Gasteiger partial charge in [-0.25, -0.2) is 0 Å². The topological polar surface area (TPSA) is 36.9 Å². The van der Waals surface area contributed by atoms with Gasteiger partial charge < -0.3 is 18.9 Å². The number of benzene rings is 1. The zero-order chi connectivity index (χ0) is 13.6. The lowest BCUT2D eigenvalue weighted by Gasteiger charge is -2.07. The van der Waals surface area contributed by atoms with Crippen molar-refractivity contribution in [3.63, 3.8) is 0 Å². The van der Waals surface area contributed by atoms with Crippen LogP contribution >= 0.6 is 12.6 Å². The summed E-state index contributed by atoms with van der Waals surface area (Å²) in [6.45, 7) is 4.14. The number of thiol groups is 1. The number of ether oxygens (including phenoxy) is 4. The Bertz CT molecular complexity index is 295. The molecular formula is C14H22O4S. The second-order valence-corrected chi connectivity index (χ2v) is 4.17. The number of hydrogen-bond donors (Lipinski definition) is 1.